The molecule has 0 radical (unpaired) electrons. The van der Waals surface area contributed by atoms with Crippen LogP contribution in [0, 0.1) is 0 Å². The van der Waals surface area contributed by atoms with Crippen LogP contribution >= 0.6 is 7.82 Å². The number of likely N-dealkylation sites (N-methyl/N-ethyl adjacent to an activating group) is 1. The van der Waals surface area contributed by atoms with E-state index in [1.54, 1.807) is 0 Å². The first-order valence-corrected chi connectivity index (χ1v) is 21.3. The summed E-state index contributed by atoms with van der Waals surface area (Å²) in [6.07, 6.45) is 30.9. The maximum atomic E-state index is 12.8. The number of rotatable bonds is 36. The Morgan fingerprint density at radius 2 is 1.04 bits per heavy atom. The van der Waals surface area contributed by atoms with E-state index in [1.807, 2.05) is 21.1 Å². The number of aliphatic hydroxyl groups is 1. The highest BCUT2D eigenvalue weighted by Gasteiger charge is 2.24. The molecule has 0 saturated carbocycles. The zero-order valence-corrected chi connectivity index (χ0v) is 32.6. The molecule has 0 fully saturated rings. The molecule has 2 N–H and O–H groups in total. The van der Waals surface area contributed by atoms with Crippen LogP contribution in [0.4, 0.5) is 0 Å². The van der Waals surface area contributed by atoms with Crippen molar-refractivity contribution in [2.45, 2.75) is 199 Å². The molecule has 8 nitrogen and oxygen atoms in total. The van der Waals surface area contributed by atoms with Crippen molar-refractivity contribution < 1.29 is 32.9 Å². The first-order chi connectivity index (χ1) is 22.5. The van der Waals surface area contributed by atoms with Gasteiger partial charge in [-0.05, 0) is 12.8 Å². The lowest BCUT2D eigenvalue weighted by Crippen LogP contribution is -2.46. The number of hydrogen-bond acceptors (Lipinski definition) is 6. The zero-order valence-electron chi connectivity index (χ0n) is 31.8. The number of phosphoric acid groups is 1. The van der Waals surface area contributed by atoms with E-state index < -0.39 is 20.0 Å². The summed E-state index contributed by atoms with van der Waals surface area (Å²) < 4.78 is 23.2. The Bertz CT molecular complexity index is 748. The number of nitrogens with one attached hydrogen (secondary N) is 1. The first kappa shape index (κ1) is 46.5. The van der Waals surface area contributed by atoms with Crippen molar-refractivity contribution >= 4 is 13.7 Å². The summed E-state index contributed by atoms with van der Waals surface area (Å²) in [4.78, 5) is 25.2. The van der Waals surface area contributed by atoms with Gasteiger partial charge in [-0.25, -0.2) is 0 Å². The number of carbonyl (C=O) groups excluding carboxylic acids is 1. The van der Waals surface area contributed by atoms with Gasteiger partial charge in [-0.2, -0.15) is 0 Å². The highest BCUT2D eigenvalue weighted by Crippen LogP contribution is 2.38. The highest BCUT2D eigenvalue weighted by molar-refractivity contribution is 7.45. The standard InChI is InChI=1S/C38H79N2O6P/c1-6-8-10-12-14-16-18-20-22-24-26-28-30-32-38(42)39-36(35-46-47(43,44)45-34-33-40(3,4)5)37(41)31-29-27-25-23-21-19-17-15-13-11-9-7-2/h36-37,41H,6-35H2,1-5H3,(H-,39,42,43,44)/t36-,37+/m0/s1. The van der Waals surface area contributed by atoms with Gasteiger partial charge in [0, 0.05) is 6.42 Å². The SMILES string of the molecule is CCCCCCCCCCCCCCCC(=O)N[C@@H](COP(=O)([O-])OCC[N+](C)(C)C)[C@H](O)CCCCCCCCCCCCCC. The molecule has 282 valence electrons. The second kappa shape index (κ2) is 31.5. The molecule has 0 aromatic carbocycles. The lowest BCUT2D eigenvalue weighted by atomic mass is 10.0. The summed E-state index contributed by atoms with van der Waals surface area (Å²) in [5.74, 6) is -0.165. The van der Waals surface area contributed by atoms with Gasteiger partial charge in [0.05, 0.1) is 39.9 Å². The highest BCUT2D eigenvalue weighted by atomic mass is 31.2. The first-order valence-electron chi connectivity index (χ1n) is 19.9. The van der Waals surface area contributed by atoms with Crippen molar-refractivity contribution in [3.05, 3.63) is 0 Å². The Hall–Kier alpha value is -0.500. The predicted octanol–water partition coefficient (Wildman–Crippen LogP) is 9.61. The zero-order chi connectivity index (χ0) is 35.1. The second-order valence-electron chi connectivity index (χ2n) is 15.0. The van der Waals surface area contributed by atoms with Crippen LogP contribution in [0.15, 0.2) is 0 Å². The summed E-state index contributed by atoms with van der Waals surface area (Å²) in [6, 6.07) is -0.790. The predicted molar refractivity (Wildman–Crippen MR) is 196 cm³/mol. The Labute approximate surface area is 291 Å². The Morgan fingerprint density at radius 3 is 1.45 bits per heavy atom. The van der Waals surface area contributed by atoms with Gasteiger partial charge in [-0.3, -0.25) is 9.36 Å². The molecule has 0 aliphatic carbocycles. The third-order valence-corrected chi connectivity index (χ3v) is 10.1. The molecule has 0 aromatic rings. The van der Waals surface area contributed by atoms with Gasteiger partial charge in [-0.15, -0.1) is 0 Å². The molecule has 0 spiro atoms. The topological polar surface area (TPSA) is 108 Å². The molecule has 1 unspecified atom stereocenters. The molecular weight excluding hydrogens is 611 g/mol. The van der Waals surface area contributed by atoms with Crippen LogP contribution in [0.5, 0.6) is 0 Å². The number of amides is 1. The minimum Gasteiger partial charge on any atom is -0.756 e. The van der Waals surface area contributed by atoms with Crippen LogP contribution in [0.25, 0.3) is 0 Å². The van der Waals surface area contributed by atoms with E-state index >= 15 is 0 Å². The van der Waals surface area contributed by atoms with Crippen LogP contribution in [0.1, 0.15) is 187 Å². The van der Waals surface area contributed by atoms with Gasteiger partial charge in [0.2, 0.25) is 5.91 Å². The van der Waals surface area contributed by atoms with Gasteiger partial charge in [0.15, 0.2) is 0 Å². The molecular formula is C38H79N2O6P. The van der Waals surface area contributed by atoms with Crippen LogP contribution in [0.3, 0.4) is 0 Å². The third-order valence-electron chi connectivity index (χ3n) is 9.10. The van der Waals surface area contributed by atoms with E-state index in [4.69, 9.17) is 9.05 Å². The monoisotopic (exact) mass is 691 g/mol. The smallest absolute Gasteiger partial charge is 0.268 e. The van der Waals surface area contributed by atoms with Crippen LogP contribution in [0.2, 0.25) is 0 Å². The number of unbranched alkanes of at least 4 members (excludes halogenated alkanes) is 23. The van der Waals surface area contributed by atoms with Gasteiger partial charge in [0.25, 0.3) is 7.82 Å². The van der Waals surface area contributed by atoms with Crippen molar-refractivity contribution in [3.63, 3.8) is 0 Å². The molecule has 0 rings (SSSR count). The van der Waals surface area contributed by atoms with Gasteiger partial charge in [0.1, 0.15) is 13.2 Å². The normalized spacial score (nSPS) is 14.6. The van der Waals surface area contributed by atoms with Crippen molar-refractivity contribution in [3.8, 4) is 0 Å². The summed E-state index contributed by atoms with van der Waals surface area (Å²) in [5.41, 5.74) is 0. The van der Waals surface area contributed by atoms with Gasteiger partial charge >= 0.3 is 0 Å². The lowest BCUT2D eigenvalue weighted by Gasteiger charge is -2.30. The number of phosphoric ester groups is 1. The third kappa shape index (κ3) is 33.8. The number of nitrogens with zero attached hydrogens (tertiary/aromatic N) is 1. The van der Waals surface area contributed by atoms with E-state index in [9.17, 15) is 19.4 Å². The maximum Gasteiger partial charge on any atom is 0.268 e. The molecule has 0 aliphatic rings. The second-order valence-corrected chi connectivity index (χ2v) is 16.4. The number of aliphatic hydroxyl groups excluding tert-OH is 1. The molecule has 1 amide bonds. The fourth-order valence-corrected chi connectivity index (χ4v) is 6.59. The average molecular weight is 691 g/mol. The summed E-state index contributed by atoms with van der Waals surface area (Å²) >= 11 is 0. The quantitative estimate of drug-likeness (QED) is 0.0385. The minimum atomic E-state index is -4.55. The fourth-order valence-electron chi connectivity index (χ4n) is 5.86. The molecule has 0 heterocycles. The van der Waals surface area contributed by atoms with Crippen LogP contribution in [-0.2, 0) is 18.4 Å². The largest absolute Gasteiger partial charge is 0.756 e. The Kier molecular flexibility index (Phi) is 31.1. The van der Waals surface area contributed by atoms with Crippen molar-refractivity contribution in [1.82, 2.24) is 5.32 Å². The van der Waals surface area contributed by atoms with E-state index in [0.717, 1.165) is 38.5 Å². The van der Waals surface area contributed by atoms with E-state index in [-0.39, 0.29) is 19.1 Å². The Balaban J connectivity index is 4.43. The molecule has 0 saturated heterocycles. The number of hydrogen-bond donors (Lipinski definition) is 2. The minimum absolute atomic E-state index is 0.0156. The Morgan fingerprint density at radius 1 is 0.660 bits per heavy atom. The molecule has 0 aliphatic heterocycles. The van der Waals surface area contributed by atoms with Crippen LogP contribution < -0.4 is 10.2 Å². The lowest BCUT2D eigenvalue weighted by molar-refractivity contribution is -0.870. The summed E-state index contributed by atoms with van der Waals surface area (Å²) in [5, 5.41) is 13.8. The van der Waals surface area contributed by atoms with Gasteiger partial charge in [-0.1, -0.05) is 168 Å². The van der Waals surface area contributed by atoms with Gasteiger partial charge < -0.3 is 28.8 Å². The van der Waals surface area contributed by atoms with Crippen molar-refractivity contribution in [2.24, 2.45) is 0 Å². The molecule has 9 heteroatoms. The number of carbonyl (C=O) groups is 1. The van der Waals surface area contributed by atoms with E-state index in [0.29, 0.717) is 23.9 Å². The number of quaternary nitrogens is 1. The van der Waals surface area contributed by atoms with E-state index in [1.165, 1.54) is 122 Å². The summed E-state index contributed by atoms with van der Waals surface area (Å²) in [6.45, 7) is 4.71. The molecule has 47 heavy (non-hydrogen) atoms. The van der Waals surface area contributed by atoms with E-state index in [2.05, 4.69) is 19.2 Å². The van der Waals surface area contributed by atoms with Crippen LogP contribution in [-0.4, -0.2) is 68.5 Å². The molecule has 0 aromatic heterocycles. The molecule has 0 bridgehead atoms. The molecule has 3 atom stereocenters. The van der Waals surface area contributed by atoms with Crippen molar-refractivity contribution in [2.75, 3.05) is 40.9 Å². The summed E-state index contributed by atoms with van der Waals surface area (Å²) in [7, 11) is 1.31. The van der Waals surface area contributed by atoms with Crippen molar-refractivity contribution in [1.29, 1.82) is 0 Å². The average Bonchev–Trinajstić information content (AvgIpc) is 3.01. The fraction of sp³-hybridized carbons (Fsp3) is 0.974. The maximum absolute atomic E-state index is 12.8.